The lowest BCUT2D eigenvalue weighted by Gasteiger charge is -2.36. The molecule has 2 atom stereocenters. The topological polar surface area (TPSA) is 103 Å². The number of hydrogen-bond acceptors (Lipinski definition) is 4. The highest BCUT2D eigenvalue weighted by Crippen LogP contribution is 2.28. The first-order valence-electron chi connectivity index (χ1n) is 10.6. The molecule has 2 aliphatic heterocycles. The molecule has 0 aromatic heterocycles. The number of carbonyl (C=O) groups is 1. The molecule has 31 heavy (non-hydrogen) atoms. The van der Waals surface area contributed by atoms with Gasteiger partial charge in [0.2, 0.25) is 5.91 Å². The maximum atomic E-state index is 13.1. The van der Waals surface area contributed by atoms with Crippen molar-refractivity contribution in [2.75, 3.05) is 33.4 Å². The van der Waals surface area contributed by atoms with Crippen molar-refractivity contribution >= 4 is 44.4 Å². The van der Waals surface area contributed by atoms with E-state index in [0.717, 1.165) is 50.1 Å². The molecule has 164 valence electrons. The third-order valence-electron chi connectivity index (χ3n) is 5.94. The third kappa shape index (κ3) is 4.54. The van der Waals surface area contributed by atoms with E-state index in [9.17, 15) is 9.00 Å². The summed E-state index contributed by atoms with van der Waals surface area (Å²) in [7, 11) is -2.23. The smallest absolute Gasteiger partial charge is 0.247 e. The van der Waals surface area contributed by atoms with E-state index in [-0.39, 0.29) is 17.8 Å². The fourth-order valence-corrected chi connectivity index (χ4v) is 6.10. The number of nitrogens with zero attached hydrogens (tertiary/aromatic N) is 2. The zero-order valence-corrected chi connectivity index (χ0v) is 18.4. The normalized spacial score (nSPS) is 23.5. The predicted molar refractivity (Wildman–Crippen MR) is 130 cm³/mol. The van der Waals surface area contributed by atoms with Crippen LogP contribution in [-0.2, 0) is 14.5 Å². The molecule has 7 nitrogen and oxygen atoms in total. The Kier molecular flexibility index (Phi) is 5.91. The molecule has 2 heterocycles. The fourth-order valence-electron chi connectivity index (χ4n) is 4.33. The van der Waals surface area contributed by atoms with E-state index in [1.54, 1.807) is 6.07 Å². The van der Waals surface area contributed by atoms with Crippen LogP contribution in [0.2, 0.25) is 0 Å². The molecule has 0 spiro atoms. The second-order valence-corrected chi connectivity index (χ2v) is 10.5. The van der Waals surface area contributed by atoms with E-state index in [1.807, 2.05) is 46.8 Å². The summed E-state index contributed by atoms with van der Waals surface area (Å²) in [5, 5.41) is 10.7. The molecule has 0 radical (unpaired) electrons. The number of anilines is 3. The maximum absolute atomic E-state index is 13.1. The summed E-state index contributed by atoms with van der Waals surface area (Å²) < 4.78 is 14.4. The number of nitrogen functional groups attached to an aromatic ring is 1. The Bertz CT molecular complexity index is 1080. The quantitative estimate of drug-likeness (QED) is 0.379. The second kappa shape index (κ2) is 8.63. The van der Waals surface area contributed by atoms with Crippen LogP contribution in [0.25, 0.3) is 0 Å². The molecule has 1 amide bonds. The van der Waals surface area contributed by atoms with Gasteiger partial charge in [-0.1, -0.05) is 12.1 Å². The first-order chi connectivity index (χ1) is 14.8. The largest absolute Gasteiger partial charge is 0.384 e. The van der Waals surface area contributed by atoms with Gasteiger partial charge in [0, 0.05) is 51.2 Å². The lowest BCUT2D eigenvalue weighted by molar-refractivity contribution is -0.117. The Morgan fingerprint density at radius 3 is 2.55 bits per heavy atom. The van der Waals surface area contributed by atoms with E-state index < -0.39 is 9.71 Å². The lowest BCUT2D eigenvalue weighted by atomic mass is 9.99. The Hall–Kier alpha value is -3.00. The van der Waals surface area contributed by atoms with Crippen LogP contribution >= 0.6 is 0 Å². The molecule has 2 aromatic carbocycles. The molecule has 2 unspecified atom stereocenters. The van der Waals surface area contributed by atoms with E-state index in [2.05, 4.69) is 16.1 Å². The van der Waals surface area contributed by atoms with Gasteiger partial charge in [0.1, 0.15) is 11.9 Å². The van der Waals surface area contributed by atoms with Crippen LogP contribution in [0.4, 0.5) is 17.1 Å². The molecule has 8 heteroatoms. The number of benzene rings is 2. The fraction of sp³-hybridized carbons (Fsp3) is 0.348. The van der Waals surface area contributed by atoms with Gasteiger partial charge in [-0.25, -0.2) is 4.21 Å². The van der Waals surface area contributed by atoms with Crippen molar-refractivity contribution in [2.24, 2.45) is 5.73 Å². The van der Waals surface area contributed by atoms with Crippen molar-refractivity contribution in [2.45, 2.75) is 31.7 Å². The van der Waals surface area contributed by atoms with E-state index in [0.29, 0.717) is 17.0 Å². The van der Waals surface area contributed by atoms with Crippen molar-refractivity contribution in [1.29, 1.82) is 5.41 Å². The second-order valence-electron chi connectivity index (χ2n) is 8.14. The molecule has 4 N–H and O–H groups in total. The molecular weight excluding hydrogens is 410 g/mol. The average molecular weight is 440 g/mol. The van der Waals surface area contributed by atoms with Gasteiger partial charge >= 0.3 is 0 Å². The minimum absolute atomic E-state index is 0.0177. The molecule has 2 fully saturated rings. The van der Waals surface area contributed by atoms with Crippen molar-refractivity contribution in [1.82, 2.24) is 0 Å². The lowest BCUT2D eigenvalue weighted by Crippen LogP contribution is -2.47. The molecule has 0 bridgehead atoms. The molecular formula is C23H29N5O2S. The Morgan fingerprint density at radius 2 is 1.87 bits per heavy atom. The molecule has 2 aliphatic rings. The zero-order valence-electron chi connectivity index (χ0n) is 17.5. The van der Waals surface area contributed by atoms with Crippen LogP contribution in [0.5, 0.6) is 0 Å². The number of piperidine rings is 1. The SMILES string of the molecule is C=S1(=O)CCCN1c1ccc(NC(=O)C2CCCCN2c2cccc(C(=N)N)c2)cc1. The van der Waals surface area contributed by atoms with Gasteiger partial charge in [0.15, 0.2) is 0 Å². The summed E-state index contributed by atoms with van der Waals surface area (Å²) in [6.45, 7) is 1.52. The van der Waals surface area contributed by atoms with Crippen LogP contribution in [-0.4, -0.2) is 46.7 Å². The van der Waals surface area contributed by atoms with Gasteiger partial charge in [-0.15, -0.1) is 0 Å². The van der Waals surface area contributed by atoms with E-state index in [1.165, 1.54) is 0 Å². The summed E-state index contributed by atoms with van der Waals surface area (Å²) in [5.74, 6) is 4.45. The summed E-state index contributed by atoms with van der Waals surface area (Å²) >= 11 is 0. The van der Waals surface area contributed by atoms with Gasteiger partial charge in [-0.3, -0.25) is 14.5 Å². The monoisotopic (exact) mass is 439 g/mol. The van der Waals surface area contributed by atoms with Crippen LogP contribution in [0, 0.1) is 5.41 Å². The van der Waals surface area contributed by atoms with Crippen LogP contribution < -0.4 is 20.3 Å². The number of carbonyl (C=O) groups excluding carboxylic acids is 1. The first-order valence-corrected chi connectivity index (χ1v) is 12.5. The molecule has 4 rings (SSSR count). The minimum atomic E-state index is -2.23. The highest BCUT2D eigenvalue weighted by Gasteiger charge is 2.29. The Morgan fingerprint density at radius 1 is 1.10 bits per heavy atom. The molecule has 0 saturated carbocycles. The van der Waals surface area contributed by atoms with E-state index >= 15 is 0 Å². The van der Waals surface area contributed by atoms with Crippen LogP contribution in [0.3, 0.4) is 0 Å². The van der Waals surface area contributed by atoms with Gasteiger partial charge in [-0.2, -0.15) is 0 Å². The summed E-state index contributed by atoms with van der Waals surface area (Å²) in [5.41, 5.74) is 8.79. The zero-order chi connectivity index (χ0) is 22.0. The van der Waals surface area contributed by atoms with Crippen molar-refractivity contribution < 1.29 is 9.00 Å². The van der Waals surface area contributed by atoms with E-state index in [4.69, 9.17) is 11.1 Å². The number of nitrogens with one attached hydrogen (secondary N) is 2. The summed E-state index contributed by atoms with van der Waals surface area (Å²) in [6, 6.07) is 14.7. The number of amides is 1. The Labute approximate surface area is 183 Å². The number of hydrogen-bond donors (Lipinski definition) is 3. The number of nitrogens with two attached hydrogens (primary N) is 1. The number of rotatable bonds is 5. The van der Waals surface area contributed by atoms with Crippen LogP contribution in [0.15, 0.2) is 48.5 Å². The summed E-state index contributed by atoms with van der Waals surface area (Å²) in [6.07, 6.45) is 3.66. The first kappa shape index (κ1) is 21.2. The van der Waals surface area contributed by atoms with Gasteiger partial charge in [0.05, 0.1) is 0 Å². The van der Waals surface area contributed by atoms with Gasteiger partial charge < -0.3 is 16.0 Å². The van der Waals surface area contributed by atoms with Gasteiger partial charge in [0.25, 0.3) is 0 Å². The maximum Gasteiger partial charge on any atom is 0.247 e. The third-order valence-corrected chi connectivity index (χ3v) is 8.07. The molecule has 0 aliphatic carbocycles. The molecule has 2 saturated heterocycles. The standard InChI is InChI=1S/C23H29N5O2S/c1-31(30)15-5-14-28(31)19-11-9-18(10-12-19)26-23(29)21-8-2-3-13-27(21)20-7-4-6-17(16-20)22(24)25/h4,6-7,9-12,16,21H,1-3,5,8,13-15H2,(H3,24,25)(H,26,29). The van der Waals surface area contributed by atoms with Crippen molar-refractivity contribution in [3.63, 3.8) is 0 Å². The van der Waals surface area contributed by atoms with Crippen molar-refractivity contribution in [3.8, 4) is 0 Å². The Balaban J connectivity index is 1.49. The molecule has 2 aromatic rings. The van der Waals surface area contributed by atoms with Crippen molar-refractivity contribution in [3.05, 3.63) is 54.1 Å². The van der Waals surface area contributed by atoms with Crippen LogP contribution in [0.1, 0.15) is 31.2 Å². The average Bonchev–Trinajstić information content (AvgIpc) is 3.13. The summed E-state index contributed by atoms with van der Waals surface area (Å²) in [4.78, 5) is 15.2. The predicted octanol–water partition coefficient (Wildman–Crippen LogP) is 2.81. The van der Waals surface area contributed by atoms with Gasteiger partial charge in [-0.05, 0) is 68.0 Å². The highest BCUT2D eigenvalue weighted by molar-refractivity contribution is 8.01. The highest BCUT2D eigenvalue weighted by atomic mass is 32.2. The number of amidine groups is 1. The minimum Gasteiger partial charge on any atom is -0.384 e.